The normalized spacial score (nSPS) is 18.8. The van der Waals surface area contributed by atoms with Crippen molar-refractivity contribution in [2.45, 2.75) is 32.4 Å². The Morgan fingerprint density at radius 3 is 2.52 bits per heavy atom. The highest BCUT2D eigenvalue weighted by Crippen LogP contribution is 2.35. The first kappa shape index (κ1) is 32.9. The largest absolute Gasteiger partial charge is 0.433 e. The van der Waals surface area contributed by atoms with Crippen molar-refractivity contribution in [2.24, 2.45) is 21.6 Å². The number of nitrogens with zero attached hydrogens (tertiary/aromatic N) is 5. The zero-order valence-corrected chi connectivity index (χ0v) is 24.8. The van der Waals surface area contributed by atoms with E-state index in [-0.39, 0.29) is 66.4 Å². The van der Waals surface area contributed by atoms with E-state index in [1.54, 1.807) is 24.0 Å². The lowest BCUT2D eigenvalue weighted by molar-refractivity contribution is -0.131. The number of piperazine rings is 1. The third kappa shape index (κ3) is 7.14. The molecular formula is C31H31F6N7O2. The van der Waals surface area contributed by atoms with E-state index in [0.29, 0.717) is 29.9 Å². The second kappa shape index (κ2) is 13.4. The summed E-state index contributed by atoms with van der Waals surface area (Å²) in [6, 6.07) is 5.84. The molecular weight excluding hydrogens is 616 g/mol. The number of alkyl halides is 5. The van der Waals surface area contributed by atoms with Crippen LogP contribution >= 0.6 is 0 Å². The molecule has 0 radical (unpaired) electrons. The van der Waals surface area contributed by atoms with E-state index in [4.69, 9.17) is 5.73 Å². The standard InChI is InChI=1S/C31H31F6N7O2/c1-17-9-21(13-23(32)26(17)30(46)44-7-5-43(6-8-44)25(45)14-38)42-29-27-19(3-2-4-39-29)12-20(16-40-27)22-10-18(11-24(33)34)15-41-28(22)31(35,36)37/h2-4,9-10,13,16,18,24,40H,5-8,11-12,14-15,38H2,1H3. The quantitative estimate of drug-likeness (QED) is 0.459. The fourth-order valence-corrected chi connectivity index (χ4v) is 5.71. The van der Waals surface area contributed by atoms with Crippen molar-refractivity contribution in [3.05, 3.63) is 81.9 Å². The molecule has 0 aliphatic carbocycles. The number of amides is 2. The summed E-state index contributed by atoms with van der Waals surface area (Å²) in [5.41, 5.74) is 5.59. The predicted octanol–water partition coefficient (Wildman–Crippen LogP) is 4.07. The molecule has 1 fully saturated rings. The molecule has 3 N–H and O–H groups in total. The number of fused-ring (bicyclic) bond motifs is 1. The summed E-state index contributed by atoms with van der Waals surface area (Å²) in [4.78, 5) is 40.5. The summed E-state index contributed by atoms with van der Waals surface area (Å²) in [5.74, 6) is -2.39. The summed E-state index contributed by atoms with van der Waals surface area (Å²) >= 11 is 0. The number of carbonyl (C=O) groups is 2. The number of allylic oxidation sites excluding steroid dienone is 2. The Morgan fingerprint density at radius 2 is 1.87 bits per heavy atom. The van der Waals surface area contributed by atoms with Crippen molar-refractivity contribution >= 4 is 28.9 Å². The molecule has 1 unspecified atom stereocenters. The fourth-order valence-electron chi connectivity index (χ4n) is 5.71. The van der Waals surface area contributed by atoms with Crippen LogP contribution in [-0.4, -0.2) is 84.2 Å². The van der Waals surface area contributed by atoms with Crippen molar-refractivity contribution < 1.29 is 35.9 Å². The second-order valence-electron chi connectivity index (χ2n) is 11.1. The van der Waals surface area contributed by atoms with Crippen LogP contribution < -0.4 is 16.5 Å². The molecule has 2 aromatic rings. The maximum absolute atomic E-state index is 15.4. The molecule has 244 valence electrons. The summed E-state index contributed by atoms with van der Waals surface area (Å²) < 4.78 is 83.0. The highest BCUT2D eigenvalue weighted by Gasteiger charge is 2.41. The molecule has 15 heteroatoms. The van der Waals surface area contributed by atoms with Gasteiger partial charge in [0.25, 0.3) is 5.91 Å². The van der Waals surface area contributed by atoms with Gasteiger partial charge in [0.1, 0.15) is 11.5 Å². The summed E-state index contributed by atoms with van der Waals surface area (Å²) in [6.45, 7) is 2.10. The molecule has 1 aromatic heterocycles. The fraction of sp³-hybridized carbons (Fsp3) is 0.387. The zero-order valence-electron chi connectivity index (χ0n) is 24.8. The molecule has 9 nitrogen and oxygen atoms in total. The average molecular weight is 648 g/mol. The minimum atomic E-state index is -4.78. The van der Waals surface area contributed by atoms with Crippen LogP contribution in [0.25, 0.3) is 0 Å². The van der Waals surface area contributed by atoms with Gasteiger partial charge in [-0.05, 0) is 35.8 Å². The number of dihydropyridines is 1. The lowest BCUT2D eigenvalue weighted by Crippen LogP contribution is -2.52. The predicted molar refractivity (Wildman–Crippen MR) is 158 cm³/mol. The molecule has 0 bridgehead atoms. The zero-order chi connectivity index (χ0) is 33.2. The van der Waals surface area contributed by atoms with Gasteiger partial charge in [0.15, 0.2) is 5.49 Å². The van der Waals surface area contributed by atoms with Gasteiger partial charge in [-0.15, -0.1) is 0 Å². The average Bonchev–Trinajstić information content (AvgIpc) is 3.21. The molecule has 1 saturated heterocycles. The van der Waals surface area contributed by atoms with Gasteiger partial charge in [-0.1, -0.05) is 12.1 Å². The monoisotopic (exact) mass is 647 g/mol. The van der Waals surface area contributed by atoms with E-state index in [0.717, 1.165) is 6.07 Å². The Kier molecular flexibility index (Phi) is 9.60. The Hall–Kier alpha value is -4.53. The second-order valence-corrected chi connectivity index (χ2v) is 11.1. The maximum atomic E-state index is 15.4. The third-order valence-electron chi connectivity index (χ3n) is 7.95. The van der Waals surface area contributed by atoms with Crippen LogP contribution in [0.5, 0.6) is 0 Å². The van der Waals surface area contributed by atoms with Crippen LogP contribution in [0.3, 0.4) is 0 Å². The van der Waals surface area contributed by atoms with E-state index in [9.17, 15) is 31.5 Å². The Bertz CT molecular complexity index is 1670. The number of aryl methyl sites for hydroxylation is 1. The molecule has 2 amide bonds. The van der Waals surface area contributed by atoms with Crippen molar-refractivity contribution in [3.63, 3.8) is 0 Å². The van der Waals surface area contributed by atoms with Crippen LogP contribution in [0, 0.1) is 18.7 Å². The van der Waals surface area contributed by atoms with Crippen LogP contribution in [0.15, 0.2) is 63.9 Å². The van der Waals surface area contributed by atoms with Crippen LogP contribution in [0.2, 0.25) is 0 Å². The number of halogens is 6. The van der Waals surface area contributed by atoms with Crippen molar-refractivity contribution in [3.8, 4) is 0 Å². The van der Waals surface area contributed by atoms with Crippen LogP contribution in [0.4, 0.5) is 37.7 Å². The smallest absolute Gasteiger partial charge is 0.358 e. The number of nitrogens with one attached hydrogen (secondary N) is 1. The lowest BCUT2D eigenvalue weighted by atomic mass is 9.87. The van der Waals surface area contributed by atoms with Gasteiger partial charge in [-0.25, -0.2) is 23.1 Å². The van der Waals surface area contributed by atoms with Crippen molar-refractivity contribution in [1.82, 2.24) is 14.8 Å². The maximum Gasteiger partial charge on any atom is 0.433 e. The Labute approximate surface area is 260 Å². The molecule has 46 heavy (non-hydrogen) atoms. The van der Waals surface area contributed by atoms with E-state index in [1.165, 1.54) is 29.4 Å². The molecule has 0 saturated carbocycles. The topological polar surface area (TPSA) is 116 Å². The van der Waals surface area contributed by atoms with Gasteiger partial charge in [0.2, 0.25) is 12.3 Å². The molecule has 5 rings (SSSR count). The van der Waals surface area contributed by atoms with Crippen molar-refractivity contribution in [2.75, 3.05) is 44.6 Å². The number of aliphatic imine (C=N–C) groups is 1. The minimum absolute atomic E-state index is 0.00544. The SMILES string of the molecule is Cc1cc(N=c2ncccc3c2NC=C(C2=CC(CC(F)F)CN=C2C(F)(F)F)C3)cc(F)c1C(=O)N1CCN(C(=O)CN)CC1. The van der Waals surface area contributed by atoms with Crippen LogP contribution in [-0.2, 0) is 11.2 Å². The number of aromatic nitrogens is 1. The molecule has 4 heterocycles. The molecule has 0 spiro atoms. The van der Waals surface area contributed by atoms with Gasteiger partial charge in [0, 0.05) is 75.5 Å². The molecule has 1 aromatic carbocycles. The first-order chi connectivity index (χ1) is 21.8. The third-order valence-corrected chi connectivity index (χ3v) is 7.95. The first-order valence-corrected chi connectivity index (χ1v) is 14.5. The molecule has 1 atom stereocenters. The number of rotatable bonds is 6. The van der Waals surface area contributed by atoms with Gasteiger partial charge in [-0.3, -0.25) is 14.6 Å². The Balaban J connectivity index is 1.42. The van der Waals surface area contributed by atoms with Gasteiger partial charge in [-0.2, -0.15) is 13.2 Å². The number of nitrogens with two attached hydrogens (primary N) is 1. The highest BCUT2D eigenvalue weighted by molar-refractivity contribution is 6.08. The van der Waals surface area contributed by atoms with Gasteiger partial charge >= 0.3 is 6.18 Å². The highest BCUT2D eigenvalue weighted by atomic mass is 19.4. The number of hydrogen-bond donors (Lipinski definition) is 2. The number of anilines is 1. The number of benzene rings is 1. The number of hydrogen-bond acceptors (Lipinski definition) is 7. The lowest BCUT2D eigenvalue weighted by Gasteiger charge is -2.35. The van der Waals surface area contributed by atoms with Gasteiger partial charge < -0.3 is 20.9 Å². The molecule has 3 aliphatic rings. The molecule has 3 aliphatic heterocycles. The van der Waals surface area contributed by atoms with Crippen molar-refractivity contribution in [1.29, 1.82) is 0 Å². The Morgan fingerprint density at radius 1 is 1.15 bits per heavy atom. The number of carbonyl (C=O) groups excluding carboxylic acids is 2. The summed E-state index contributed by atoms with van der Waals surface area (Å²) in [6.07, 6.45) is -4.10. The van der Waals surface area contributed by atoms with E-state index in [1.807, 2.05) is 0 Å². The first-order valence-electron chi connectivity index (χ1n) is 14.5. The van der Waals surface area contributed by atoms with E-state index < -0.39 is 42.4 Å². The van der Waals surface area contributed by atoms with E-state index >= 15 is 4.39 Å². The van der Waals surface area contributed by atoms with E-state index in [2.05, 4.69) is 20.3 Å². The van der Waals surface area contributed by atoms with Gasteiger partial charge in [0.05, 0.1) is 23.5 Å². The van der Waals surface area contributed by atoms with Crippen LogP contribution in [0.1, 0.15) is 27.9 Å². The minimum Gasteiger partial charge on any atom is -0.358 e. The summed E-state index contributed by atoms with van der Waals surface area (Å²) in [5, 5.41) is 2.94. The summed E-state index contributed by atoms with van der Waals surface area (Å²) in [7, 11) is 0.